The first-order valence-electron chi connectivity index (χ1n) is 10.4. The van der Waals surface area contributed by atoms with Gasteiger partial charge in [-0.05, 0) is 73.9 Å². The van der Waals surface area contributed by atoms with Crippen molar-refractivity contribution in [2.24, 2.45) is 0 Å². The monoisotopic (exact) mass is 408 g/mol. The number of carbonyl (C=O) groups is 1. The van der Waals surface area contributed by atoms with Crippen molar-refractivity contribution in [2.45, 2.75) is 57.1 Å². The molecule has 0 bridgehead atoms. The van der Waals surface area contributed by atoms with Gasteiger partial charge in [0.15, 0.2) is 0 Å². The zero-order valence-corrected chi connectivity index (χ0v) is 18.0. The molecule has 1 aromatic carbocycles. The quantitative estimate of drug-likeness (QED) is 0.661. The summed E-state index contributed by atoms with van der Waals surface area (Å²) in [6.07, 6.45) is 8.06. The molecule has 1 aliphatic heterocycles. The zero-order chi connectivity index (χ0) is 20.3. The number of benzene rings is 1. The molecular weight excluding hydrogens is 380 g/mol. The van der Waals surface area contributed by atoms with E-state index in [9.17, 15) is 4.79 Å². The van der Waals surface area contributed by atoms with Crippen LogP contribution in [0.15, 0.2) is 53.9 Å². The summed E-state index contributed by atoms with van der Waals surface area (Å²) in [5.41, 5.74) is 6.11. The minimum atomic E-state index is -0.189. The molecule has 0 spiro atoms. The minimum absolute atomic E-state index is 0.0717. The maximum atomic E-state index is 12.0. The molecule has 1 aliphatic carbocycles. The van der Waals surface area contributed by atoms with Crippen LogP contribution >= 0.6 is 11.8 Å². The number of rotatable bonds is 7. The number of carbonyl (C=O) groups excluding carboxylic acids is 1. The molecular formula is C24H28N2O2S. The van der Waals surface area contributed by atoms with Crippen molar-refractivity contribution in [3.63, 3.8) is 0 Å². The normalized spacial score (nSPS) is 21.1. The maximum Gasteiger partial charge on any atom is 0.284 e. The molecule has 1 aromatic heterocycles. The molecule has 1 unspecified atom stereocenters. The van der Waals surface area contributed by atoms with Crippen LogP contribution in [0.4, 0.5) is 4.79 Å². The van der Waals surface area contributed by atoms with Crippen LogP contribution in [0, 0.1) is 0 Å². The van der Waals surface area contributed by atoms with Crippen LogP contribution in [0.3, 0.4) is 0 Å². The predicted molar refractivity (Wildman–Crippen MR) is 118 cm³/mol. The Bertz CT molecular complexity index is 899. The van der Waals surface area contributed by atoms with Gasteiger partial charge in [0.05, 0.1) is 11.4 Å². The number of ether oxygens (including phenoxy) is 1. The number of allylic oxidation sites excluding steroid dienone is 1. The number of nitrogens with zero attached hydrogens (tertiary/aromatic N) is 1. The number of hydrogen-bond acceptors (Lipinski definition) is 4. The highest BCUT2D eigenvalue weighted by Gasteiger charge is 2.42. The molecule has 1 saturated carbocycles. The number of nitrogens with one attached hydrogen (secondary N) is 1. The second kappa shape index (κ2) is 8.62. The van der Waals surface area contributed by atoms with E-state index in [1.165, 1.54) is 34.9 Å². The van der Waals surface area contributed by atoms with E-state index >= 15 is 0 Å². The average Bonchev–Trinajstić information content (AvgIpc) is 2.96. The topological polar surface area (TPSA) is 51.2 Å². The van der Waals surface area contributed by atoms with E-state index in [0.29, 0.717) is 6.61 Å². The summed E-state index contributed by atoms with van der Waals surface area (Å²) >= 11 is 1.42. The van der Waals surface area contributed by atoms with E-state index in [1.807, 2.05) is 18.3 Å². The first kappa shape index (κ1) is 20.0. The summed E-state index contributed by atoms with van der Waals surface area (Å²) < 4.78 is 5.71. The smallest absolute Gasteiger partial charge is 0.284 e. The lowest BCUT2D eigenvalue weighted by Gasteiger charge is -2.29. The second-order valence-corrected chi connectivity index (χ2v) is 9.48. The molecule has 4 nitrogen and oxygen atoms in total. The first-order chi connectivity index (χ1) is 14.1. The highest BCUT2D eigenvalue weighted by molar-refractivity contribution is 8.15. The Hall–Kier alpha value is -2.27. The van der Waals surface area contributed by atoms with Gasteiger partial charge in [-0.2, -0.15) is 0 Å². The Kier molecular flexibility index (Phi) is 5.95. The Balaban J connectivity index is 1.33. The van der Waals surface area contributed by atoms with E-state index in [2.05, 4.69) is 48.4 Å². The van der Waals surface area contributed by atoms with Gasteiger partial charge < -0.3 is 10.1 Å². The highest BCUT2D eigenvalue weighted by Crippen LogP contribution is 2.45. The molecule has 5 heteroatoms. The minimum Gasteiger partial charge on any atom is -0.493 e. The first-order valence-corrected chi connectivity index (χ1v) is 11.3. The molecule has 2 heterocycles. The van der Waals surface area contributed by atoms with Gasteiger partial charge in [0.1, 0.15) is 5.75 Å². The summed E-state index contributed by atoms with van der Waals surface area (Å²) in [6.45, 7) is 4.92. The van der Waals surface area contributed by atoms with Crippen molar-refractivity contribution < 1.29 is 9.53 Å². The molecule has 29 heavy (non-hydrogen) atoms. The Morgan fingerprint density at radius 1 is 1.14 bits per heavy atom. The van der Waals surface area contributed by atoms with Gasteiger partial charge in [0.25, 0.3) is 5.24 Å². The summed E-state index contributed by atoms with van der Waals surface area (Å²) in [6, 6.07) is 12.5. The van der Waals surface area contributed by atoms with Crippen LogP contribution in [-0.4, -0.2) is 21.6 Å². The van der Waals surface area contributed by atoms with Gasteiger partial charge in [0, 0.05) is 24.0 Å². The molecule has 2 fully saturated rings. The van der Waals surface area contributed by atoms with E-state index in [1.54, 1.807) is 0 Å². The van der Waals surface area contributed by atoms with Crippen molar-refractivity contribution in [3.05, 3.63) is 70.7 Å². The van der Waals surface area contributed by atoms with Crippen molar-refractivity contribution in [1.29, 1.82) is 0 Å². The average molecular weight is 409 g/mol. The Morgan fingerprint density at radius 3 is 2.52 bits per heavy atom. The van der Waals surface area contributed by atoms with Gasteiger partial charge in [0.2, 0.25) is 0 Å². The standard InChI is InChI=1S/C24H28N2O2S/c1-3-17-7-10-20(25-16-17)13-14-28-21-11-8-18(9-12-21)15-24(2)22(19-5-4-6-19)26-23(27)29-24/h7-12,16H,3-6,13-15H2,1-2H3,(H,26,27). The SMILES string of the molecule is CCc1ccc(CCOc2ccc(CC3(C)SC(=O)NC3=C3CCC3)cc2)nc1. The molecule has 0 radical (unpaired) electrons. The lowest BCUT2D eigenvalue weighted by Crippen LogP contribution is -2.29. The van der Waals surface area contributed by atoms with Crippen molar-refractivity contribution in [3.8, 4) is 5.75 Å². The fraction of sp³-hybridized carbons (Fsp3) is 0.417. The third kappa shape index (κ3) is 4.67. The fourth-order valence-corrected chi connectivity index (χ4v) is 4.98. The highest BCUT2D eigenvalue weighted by atomic mass is 32.2. The molecule has 2 aliphatic rings. The number of aromatic nitrogens is 1. The van der Waals surface area contributed by atoms with E-state index in [4.69, 9.17) is 4.74 Å². The second-order valence-electron chi connectivity index (χ2n) is 8.01. The summed E-state index contributed by atoms with van der Waals surface area (Å²) in [7, 11) is 0. The number of amides is 1. The van der Waals surface area contributed by atoms with Gasteiger partial charge in [-0.15, -0.1) is 0 Å². The molecule has 2 aromatic rings. The van der Waals surface area contributed by atoms with Crippen LogP contribution in [0.5, 0.6) is 5.75 Å². The third-order valence-corrected chi connectivity index (χ3v) is 6.86. The summed E-state index contributed by atoms with van der Waals surface area (Å²) in [4.78, 5) is 16.5. The lowest BCUT2D eigenvalue weighted by molar-refractivity contribution is 0.263. The van der Waals surface area contributed by atoms with Crippen LogP contribution in [0.2, 0.25) is 0 Å². The third-order valence-electron chi connectivity index (χ3n) is 5.77. The molecule has 152 valence electrons. The summed E-state index contributed by atoms with van der Waals surface area (Å²) in [5.74, 6) is 0.870. The van der Waals surface area contributed by atoms with Crippen LogP contribution in [0.1, 0.15) is 49.9 Å². The number of thioether (sulfide) groups is 1. The number of aryl methyl sites for hydroxylation is 1. The molecule has 1 saturated heterocycles. The van der Waals surface area contributed by atoms with Gasteiger partial charge in [-0.3, -0.25) is 9.78 Å². The fourth-order valence-electron chi connectivity index (χ4n) is 3.88. The Labute approximate surface area is 177 Å². The molecule has 1 amide bonds. The summed E-state index contributed by atoms with van der Waals surface area (Å²) in [5, 5.41) is 3.17. The van der Waals surface area contributed by atoms with Crippen molar-refractivity contribution in [2.75, 3.05) is 6.61 Å². The van der Waals surface area contributed by atoms with Gasteiger partial charge in [-0.25, -0.2) is 0 Å². The van der Waals surface area contributed by atoms with E-state index in [0.717, 1.165) is 49.2 Å². The van der Waals surface area contributed by atoms with Crippen molar-refractivity contribution in [1.82, 2.24) is 10.3 Å². The number of pyridine rings is 1. The van der Waals surface area contributed by atoms with Crippen molar-refractivity contribution >= 4 is 17.0 Å². The molecule has 4 rings (SSSR count). The van der Waals surface area contributed by atoms with Crippen LogP contribution in [-0.2, 0) is 19.3 Å². The zero-order valence-electron chi connectivity index (χ0n) is 17.2. The van der Waals surface area contributed by atoms with Gasteiger partial charge in [-0.1, -0.05) is 36.9 Å². The van der Waals surface area contributed by atoms with Gasteiger partial charge >= 0.3 is 0 Å². The largest absolute Gasteiger partial charge is 0.493 e. The lowest BCUT2D eigenvalue weighted by atomic mass is 9.84. The van der Waals surface area contributed by atoms with Crippen LogP contribution in [0.25, 0.3) is 0 Å². The maximum absolute atomic E-state index is 12.0. The predicted octanol–water partition coefficient (Wildman–Crippen LogP) is 5.46. The van der Waals surface area contributed by atoms with E-state index < -0.39 is 0 Å². The molecule has 1 N–H and O–H groups in total. The molecule has 1 atom stereocenters. The Morgan fingerprint density at radius 2 is 1.90 bits per heavy atom. The van der Waals surface area contributed by atoms with Crippen LogP contribution < -0.4 is 10.1 Å². The van der Waals surface area contributed by atoms with E-state index in [-0.39, 0.29) is 9.99 Å². The number of hydrogen-bond donors (Lipinski definition) is 1.